The molecule has 1 unspecified atom stereocenters. The molecule has 104 valence electrons. The molecule has 1 atom stereocenters. The Morgan fingerprint density at radius 2 is 2.21 bits per heavy atom. The fourth-order valence-electron chi connectivity index (χ4n) is 2.43. The van der Waals surface area contributed by atoms with Gasteiger partial charge in [0, 0.05) is 17.1 Å². The third-order valence-electron chi connectivity index (χ3n) is 3.54. The minimum atomic E-state index is -0.354. The van der Waals surface area contributed by atoms with Gasteiger partial charge in [-0.15, -0.1) is 0 Å². The summed E-state index contributed by atoms with van der Waals surface area (Å²) >= 11 is 6.01. The van der Waals surface area contributed by atoms with Crippen molar-refractivity contribution in [3.8, 4) is 0 Å². The number of carbonyl (C=O) groups excluding carboxylic acids is 1. The predicted octanol–water partition coefficient (Wildman–Crippen LogP) is 2.53. The van der Waals surface area contributed by atoms with E-state index < -0.39 is 0 Å². The molecular weight excluding hydrogens is 267 g/mol. The number of hydrogen-bond donors (Lipinski definition) is 0. The molecule has 0 aliphatic carbocycles. The number of piperidine rings is 1. The summed E-state index contributed by atoms with van der Waals surface area (Å²) in [7, 11) is 3.78. The Hall–Kier alpha value is -1.13. The maximum Gasteiger partial charge on any atom is 0.240 e. The lowest BCUT2D eigenvalue weighted by molar-refractivity contribution is -0.139. The molecule has 1 aliphatic rings. The van der Waals surface area contributed by atoms with E-state index in [4.69, 9.17) is 11.6 Å². The highest BCUT2D eigenvalue weighted by molar-refractivity contribution is 6.31. The van der Waals surface area contributed by atoms with Crippen LogP contribution < -0.4 is 0 Å². The molecule has 1 aliphatic heterocycles. The topological polar surface area (TPSA) is 23.6 Å². The van der Waals surface area contributed by atoms with Crippen LogP contribution in [0.5, 0.6) is 0 Å². The second kappa shape index (κ2) is 5.88. The summed E-state index contributed by atoms with van der Waals surface area (Å²) in [4.78, 5) is 15.9. The minimum Gasteiger partial charge on any atom is -0.337 e. The van der Waals surface area contributed by atoms with E-state index in [1.165, 1.54) is 6.07 Å². The first-order chi connectivity index (χ1) is 9.00. The van der Waals surface area contributed by atoms with E-state index in [9.17, 15) is 9.18 Å². The fraction of sp³-hybridized carbons (Fsp3) is 0.500. The third kappa shape index (κ3) is 3.07. The molecular formula is C14H18ClFN2O. The van der Waals surface area contributed by atoms with E-state index in [0.29, 0.717) is 17.1 Å². The smallest absolute Gasteiger partial charge is 0.240 e. The van der Waals surface area contributed by atoms with Crippen molar-refractivity contribution < 1.29 is 9.18 Å². The molecule has 1 fully saturated rings. The molecule has 0 spiro atoms. The number of hydrogen-bond acceptors (Lipinski definition) is 2. The lowest BCUT2D eigenvalue weighted by Gasteiger charge is -2.35. The van der Waals surface area contributed by atoms with Crippen LogP contribution in [0.3, 0.4) is 0 Å². The Morgan fingerprint density at radius 1 is 1.47 bits per heavy atom. The molecule has 0 saturated carbocycles. The number of nitrogens with zero attached hydrogens (tertiary/aromatic N) is 2. The highest BCUT2D eigenvalue weighted by Gasteiger charge is 2.30. The molecule has 1 aromatic carbocycles. The Balaban J connectivity index is 2.16. The van der Waals surface area contributed by atoms with Crippen molar-refractivity contribution in [2.75, 3.05) is 20.6 Å². The highest BCUT2D eigenvalue weighted by Crippen LogP contribution is 2.24. The molecule has 0 N–H and O–H groups in total. The number of carbonyl (C=O) groups is 1. The molecule has 1 aromatic rings. The van der Waals surface area contributed by atoms with E-state index in [1.807, 2.05) is 19.0 Å². The zero-order valence-corrected chi connectivity index (χ0v) is 12.0. The maximum absolute atomic E-state index is 13.8. The standard InChI is InChI=1S/C14H18ClFN2O/c1-17(2)13-7-4-8-18(14(13)19)9-10-11(15)5-3-6-12(10)16/h3,5-6,13H,4,7-9H2,1-2H3. The number of amides is 1. The van der Waals surface area contributed by atoms with Crippen LogP contribution in [0.1, 0.15) is 18.4 Å². The summed E-state index contributed by atoms with van der Waals surface area (Å²) in [5.74, 6) is -0.303. The van der Waals surface area contributed by atoms with Gasteiger partial charge in [0.25, 0.3) is 0 Å². The zero-order valence-electron chi connectivity index (χ0n) is 11.2. The lowest BCUT2D eigenvalue weighted by atomic mass is 10.0. The maximum atomic E-state index is 13.8. The predicted molar refractivity (Wildman–Crippen MR) is 73.5 cm³/mol. The van der Waals surface area contributed by atoms with Gasteiger partial charge >= 0.3 is 0 Å². The van der Waals surface area contributed by atoms with Crippen molar-refractivity contribution >= 4 is 17.5 Å². The van der Waals surface area contributed by atoms with Crippen LogP contribution in [0.15, 0.2) is 18.2 Å². The number of benzene rings is 1. The zero-order chi connectivity index (χ0) is 14.0. The molecule has 1 amide bonds. The molecule has 0 radical (unpaired) electrons. The molecule has 1 saturated heterocycles. The first-order valence-corrected chi connectivity index (χ1v) is 6.76. The van der Waals surface area contributed by atoms with Crippen LogP contribution in [0.25, 0.3) is 0 Å². The number of likely N-dealkylation sites (N-methyl/N-ethyl adjacent to an activating group) is 1. The van der Waals surface area contributed by atoms with Gasteiger partial charge in [-0.3, -0.25) is 9.69 Å². The fourth-order valence-corrected chi connectivity index (χ4v) is 2.65. The van der Waals surface area contributed by atoms with Crippen LogP contribution in [-0.4, -0.2) is 42.4 Å². The van der Waals surface area contributed by atoms with E-state index in [0.717, 1.165) is 12.8 Å². The van der Waals surface area contributed by atoms with E-state index in [2.05, 4.69) is 0 Å². The monoisotopic (exact) mass is 284 g/mol. The molecule has 3 nitrogen and oxygen atoms in total. The lowest BCUT2D eigenvalue weighted by Crippen LogP contribution is -2.49. The van der Waals surface area contributed by atoms with Gasteiger partial charge in [-0.25, -0.2) is 4.39 Å². The average molecular weight is 285 g/mol. The Morgan fingerprint density at radius 3 is 2.84 bits per heavy atom. The number of likely N-dealkylation sites (tertiary alicyclic amines) is 1. The van der Waals surface area contributed by atoms with Gasteiger partial charge in [-0.1, -0.05) is 17.7 Å². The summed E-state index contributed by atoms with van der Waals surface area (Å²) < 4.78 is 13.8. The molecule has 1 heterocycles. The number of rotatable bonds is 3. The van der Waals surface area contributed by atoms with Gasteiger partial charge in [-0.05, 0) is 39.1 Å². The molecule has 0 aromatic heterocycles. The van der Waals surface area contributed by atoms with Gasteiger partial charge in [0.05, 0.1) is 12.6 Å². The largest absolute Gasteiger partial charge is 0.337 e. The van der Waals surface area contributed by atoms with Gasteiger partial charge in [0.2, 0.25) is 5.91 Å². The van der Waals surface area contributed by atoms with E-state index in [-0.39, 0.29) is 24.3 Å². The average Bonchev–Trinajstić information content (AvgIpc) is 2.35. The van der Waals surface area contributed by atoms with Gasteiger partial charge in [-0.2, -0.15) is 0 Å². The Bertz CT molecular complexity index is 458. The Labute approximate surface area is 117 Å². The van der Waals surface area contributed by atoms with Gasteiger partial charge in [0.15, 0.2) is 0 Å². The summed E-state index contributed by atoms with van der Waals surface area (Å²) in [5, 5.41) is 0.375. The Kier molecular flexibility index (Phi) is 4.42. The second-order valence-corrected chi connectivity index (χ2v) is 5.49. The van der Waals surface area contributed by atoms with Crippen molar-refractivity contribution in [3.63, 3.8) is 0 Å². The van der Waals surface area contributed by atoms with Crippen molar-refractivity contribution in [1.29, 1.82) is 0 Å². The highest BCUT2D eigenvalue weighted by atomic mass is 35.5. The van der Waals surface area contributed by atoms with Crippen LogP contribution >= 0.6 is 11.6 Å². The van der Waals surface area contributed by atoms with Gasteiger partial charge in [0.1, 0.15) is 5.82 Å². The van der Waals surface area contributed by atoms with Crippen LogP contribution in [0, 0.1) is 5.82 Å². The van der Waals surface area contributed by atoms with E-state index in [1.54, 1.807) is 17.0 Å². The molecule has 19 heavy (non-hydrogen) atoms. The van der Waals surface area contributed by atoms with Gasteiger partial charge < -0.3 is 4.90 Å². The third-order valence-corrected chi connectivity index (χ3v) is 3.89. The second-order valence-electron chi connectivity index (χ2n) is 5.08. The number of halogens is 2. The molecule has 5 heteroatoms. The van der Waals surface area contributed by atoms with Crippen LogP contribution in [0.4, 0.5) is 4.39 Å². The van der Waals surface area contributed by atoms with Crippen LogP contribution in [-0.2, 0) is 11.3 Å². The summed E-state index contributed by atoms with van der Waals surface area (Å²) in [6.07, 6.45) is 1.79. The SMILES string of the molecule is CN(C)C1CCCN(Cc2c(F)cccc2Cl)C1=O. The normalized spacial score (nSPS) is 20.2. The van der Waals surface area contributed by atoms with Crippen molar-refractivity contribution in [3.05, 3.63) is 34.6 Å². The first-order valence-electron chi connectivity index (χ1n) is 6.39. The molecule has 2 rings (SSSR count). The quantitative estimate of drug-likeness (QED) is 0.852. The summed E-state index contributed by atoms with van der Waals surface area (Å²) in [6, 6.07) is 4.48. The summed E-state index contributed by atoms with van der Waals surface area (Å²) in [5.41, 5.74) is 0.400. The molecule has 0 bridgehead atoms. The van der Waals surface area contributed by atoms with Crippen molar-refractivity contribution in [1.82, 2.24) is 9.80 Å². The summed E-state index contributed by atoms with van der Waals surface area (Å²) in [6.45, 7) is 0.905. The first kappa shape index (κ1) is 14.3. The van der Waals surface area contributed by atoms with Crippen molar-refractivity contribution in [2.45, 2.75) is 25.4 Å². The van der Waals surface area contributed by atoms with Crippen molar-refractivity contribution in [2.24, 2.45) is 0 Å². The minimum absolute atomic E-state index is 0.0515. The van der Waals surface area contributed by atoms with Crippen LogP contribution in [0.2, 0.25) is 5.02 Å². The van der Waals surface area contributed by atoms with E-state index >= 15 is 0 Å².